The molecule has 19 heavy (non-hydrogen) atoms. The summed E-state index contributed by atoms with van der Waals surface area (Å²) in [6.45, 7) is 6.76. The summed E-state index contributed by atoms with van der Waals surface area (Å²) in [5.41, 5.74) is 0. The molecule has 3 nitrogen and oxygen atoms in total. The van der Waals surface area contributed by atoms with Crippen molar-refractivity contribution in [3.05, 3.63) is 0 Å². The van der Waals surface area contributed by atoms with Gasteiger partial charge in [0.1, 0.15) is 0 Å². The van der Waals surface area contributed by atoms with Gasteiger partial charge in [0.2, 0.25) is 0 Å². The van der Waals surface area contributed by atoms with E-state index in [0.717, 1.165) is 19.1 Å². The molecule has 1 aliphatic carbocycles. The molecule has 0 aromatic rings. The molecule has 0 amide bonds. The molecule has 0 spiro atoms. The van der Waals surface area contributed by atoms with Crippen molar-refractivity contribution in [2.45, 2.75) is 64.0 Å². The number of piperidine rings is 1. The first-order chi connectivity index (χ1) is 9.25. The maximum absolute atomic E-state index is 5.97. The minimum Gasteiger partial charge on any atom is -0.377 e. The Kier molecular flexibility index (Phi) is 6.62. The third-order valence-corrected chi connectivity index (χ3v) is 4.84. The van der Waals surface area contributed by atoms with Gasteiger partial charge in [-0.3, -0.25) is 0 Å². The van der Waals surface area contributed by atoms with E-state index in [2.05, 4.69) is 24.2 Å². The van der Waals surface area contributed by atoms with Crippen LogP contribution in [-0.2, 0) is 4.74 Å². The Hall–Kier alpha value is -0.120. The van der Waals surface area contributed by atoms with E-state index in [1.807, 2.05) is 0 Å². The molecule has 1 saturated heterocycles. The molecule has 0 aromatic heterocycles. The van der Waals surface area contributed by atoms with Crippen molar-refractivity contribution < 1.29 is 4.74 Å². The van der Waals surface area contributed by atoms with E-state index in [1.54, 1.807) is 0 Å². The second-order valence-corrected chi connectivity index (χ2v) is 6.54. The van der Waals surface area contributed by atoms with Gasteiger partial charge in [-0.2, -0.15) is 0 Å². The quantitative estimate of drug-likeness (QED) is 0.750. The molecule has 1 saturated carbocycles. The van der Waals surface area contributed by atoms with Gasteiger partial charge in [-0.25, -0.2) is 0 Å². The lowest BCUT2D eigenvalue weighted by Crippen LogP contribution is -2.44. The molecule has 2 atom stereocenters. The third-order valence-electron chi connectivity index (χ3n) is 4.84. The highest BCUT2D eigenvalue weighted by Crippen LogP contribution is 2.20. The highest BCUT2D eigenvalue weighted by Gasteiger charge is 2.22. The van der Waals surface area contributed by atoms with E-state index >= 15 is 0 Å². The van der Waals surface area contributed by atoms with Crippen LogP contribution in [0, 0.1) is 5.92 Å². The normalized spacial score (nSPS) is 28.4. The summed E-state index contributed by atoms with van der Waals surface area (Å²) in [6.07, 6.45) is 9.97. The Morgan fingerprint density at radius 3 is 2.68 bits per heavy atom. The summed E-state index contributed by atoms with van der Waals surface area (Å²) in [4.78, 5) is 2.46. The Labute approximate surface area is 119 Å². The van der Waals surface area contributed by atoms with Crippen LogP contribution in [0.5, 0.6) is 0 Å². The second kappa shape index (κ2) is 8.23. The Balaban J connectivity index is 1.54. The fourth-order valence-electron chi connectivity index (χ4n) is 3.53. The molecule has 112 valence electrons. The van der Waals surface area contributed by atoms with E-state index in [-0.39, 0.29) is 0 Å². The van der Waals surface area contributed by atoms with Crippen LogP contribution in [0.3, 0.4) is 0 Å². The molecule has 2 fully saturated rings. The third kappa shape index (κ3) is 5.41. The molecule has 3 heteroatoms. The minimum absolute atomic E-state index is 0.548. The molecule has 2 unspecified atom stereocenters. The van der Waals surface area contributed by atoms with Crippen LogP contribution in [0.25, 0.3) is 0 Å². The van der Waals surface area contributed by atoms with Gasteiger partial charge in [-0.05, 0) is 52.1 Å². The molecule has 1 N–H and O–H groups in total. The summed E-state index contributed by atoms with van der Waals surface area (Å²) >= 11 is 0. The molecule has 0 bridgehead atoms. The maximum atomic E-state index is 5.97. The SMILES string of the molecule is CC(NCCOC1CCCCC1)C1CCCN(C)C1. The van der Waals surface area contributed by atoms with Gasteiger partial charge in [-0.15, -0.1) is 0 Å². The first-order valence-corrected chi connectivity index (χ1v) is 8.29. The zero-order valence-corrected chi connectivity index (χ0v) is 12.9. The standard InChI is InChI=1S/C16H32N2O/c1-14(15-7-6-11-18(2)13-15)17-10-12-19-16-8-4-3-5-9-16/h14-17H,3-13H2,1-2H3. The largest absolute Gasteiger partial charge is 0.377 e. The van der Waals surface area contributed by atoms with E-state index in [4.69, 9.17) is 4.74 Å². The van der Waals surface area contributed by atoms with Gasteiger partial charge in [-0.1, -0.05) is 19.3 Å². The van der Waals surface area contributed by atoms with Crippen molar-refractivity contribution in [3.63, 3.8) is 0 Å². The number of rotatable bonds is 6. The highest BCUT2D eigenvalue weighted by atomic mass is 16.5. The predicted octanol–water partition coefficient (Wildman–Crippen LogP) is 2.66. The van der Waals surface area contributed by atoms with E-state index in [9.17, 15) is 0 Å². The van der Waals surface area contributed by atoms with Crippen LogP contribution in [0.1, 0.15) is 51.9 Å². The van der Waals surface area contributed by atoms with Crippen molar-refractivity contribution >= 4 is 0 Å². The van der Waals surface area contributed by atoms with Crippen LogP contribution in [-0.4, -0.2) is 50.3 Å². The predicted molar refractivity (Wildman–Crippen MR) is 80.5 cm³/mol. The molecule has 2 rings (SSSR count). The lowest BCUT2D eigenvalue weighted by molar-refractivity contribution is 0.0282. The smallest absolute Gasteiger partial charge is 0.0594 e. The summed E-state index contributed by atoms with van der Waals surface area (Å²) in [5.74, 6) is 0.813. The summed E-state index contributed by atoms with van der Waals surface area (Å²) in [6, 6.07) is 0.623. The van der Waals surface area contributed by atoms with Crippen molar-refractivity contribution in [1.82, 2.24) is 10.2 Å². The summed E-state index contributed by atoms with van der Waals surface area (Å²) < 4.78 is 5.97. The fraction of sp³-hybridized carbons (Fsp3) is 1.00. The topological polar surface area (TPSA) is 24.5 Å². The van der Waals surface area contributed by atoms with Gasteiger partial charge in [0.25, 0.3) is 0 Å². The lowest BCUT2D eigenvalue weighted by Gasteiger charge is -2.34. The first-order valence-electron chi connectivity index (χ1n) is 8.29. The zero-order chi connectivity index (χ0) is 13.5. The van der Waals surface area contributed by atoms with Crippen molar-refractivity contribution in [3.8, 4) is 0 Å². The molecular weight excluding hydrogens is 236 g/mol. The molecular formula is C16H32N2O. The number of nitrogens with zero attached hydrogens (tertiary/aromatic N) is 1. The van der Waals surface area contributed by atoms with Crippen LogP contribution in [0.2, 0.25) is 0 Å². The average molecular weight is 268 g/mol. The lowest BCUT2D eigenvalue weighted by atomic mass is 9.92. The molecule has 2 aliphatic rings. The van der Waals surface area contributed by atoms with Crippen LogP contribution in [0.15, 0.2) is 0 Å². The van der Waals surface area contributed by atoms with E-state index in [0.29, 0.717) is 12.1 Å². The summed E-state index contributed by atoms with van der Waals surface area (Å²) in [5, 5.41) is 3.66. The maximum Gasteiger partial charge on any atom is 0.0594 e. The summed E-state index contributed by atoms with van der Waals surface area (Å²) in [7, 11) is 2.24. The Bertz CT molecular complexity index is 241. The van der Waals surface area contributed by atoms with Gasteiger partial charge < -0.3 is 15.0 Å². The highest BCUT2D eigenvalue weighted by molar-refractivity contribution is 4.79. The van der Waals surface area contributed by atoms with E-state index in [1.165, 1.54) is 58.0 Å². The van der Waals surface area contributed by atoms with Crippen molar-refractivity contribution in [2.75, 3.05) is 33.3 Å². The van der Waals surface area contributed by atoms with E-state index < -0.39 is 0 Å². The second-order valence-electron chi connectivity index (χ2n) is 6.54. The van der Waals surface area contributed by atoms with Gasteiger partial charge in [0.15, 0.2) is 0 Å². The van der Waals surface area contributed by atoms with Crippen LogP contribution >= 0.6 is 0 Å². The number of hydrogen-bond acceptors (Lipinski definition) is 3. The van der Waals surface area contributed by atoms with Crippen molar-refractivity contribution in [2.24, 2.45) is 5.92 Å². The van der Waals surface area contributed by atoms with Crippen LogP contribution < -0.4 is 5.32 Å². The molecule has 1 heterocycles. The molecule has 0 aromatic carbocycles. The van der Waals surface area contributed by atoms with Gasteiger partial charge >= 0.3 is 0 Å². The monoisotopic (exact) mass is 268 g/mol. The number of nitrogens with one attached hydrogen (secondary N) is 1. The zero-order valence-electron chi connectivity index (χ0n) is 12.9. The van der Waals surface area contributed by atoms with Gasteiger partial charge in [0.05, 0.1) is 12.7 Å². The van der Waals surface area contributed by atoms with Crippen LogP contribution in [0.4, 0.5) is 0 Å². The minimum atomic E-state index is 0.548. The Morgan fingerprint density at radius 2 is 1.95 bits per heavy atom. The molecule has 1 aliphatic heterocycles. The van der Waals surface area contributed by atoms with Gasteiger partial charge in [0, 0.05) is 19.1 Å². The number of likely N-dealkylation sites (tertiary alicyclic amines) is 1. The molecule has 0 radical (unpaired) electrons. The number of ether oxygens (including phenoxy) is 1. The Morgan fingerprint density at radius 1 is 1.16 bits per heavy atom. The average Bonchev–Trinajstić information content (AvgIpc) is 2.44. The number of hydrogen-bond donors (Lipinski definition) is 1. The first kappa shape index (κ1) is 15.3. The van der Waals surface area contributed by atoms with Crippen molar-refractivity contribution in [1.29, 1.82) is 0 Å². The fourth-order valence-corrected chi connectivity index (χ4v) is 3.53.